The van der Waals surface area contributed by atoms with Gasteiger partial charge in [-0.25, -0.2) is 4.98 Å². The lowest BCUT2D eigenvalue weighted by molar-refractivity contribution is -0.0910. The van der Waals surface area contributed by atoms with Crippen molar-refractivity contribution >= 4 is 17.1 Å². The number of nitrogen functional groups attached to an aromatic ring is 1. The second kappa shape index (κ2) is 5.32. The number of aliphatic hydroxyl groups is 3. The molecule has 10 heteroatoms. The molecule has 2 aromatic heterocycles. The number of ether oxygens (including phenoxy) is 2. The van der Waals surface area contributed by atoms with E-state index in [1.807, 2.05) is 0 Å². The molecule has 1 fully saturated rings. The van der Waals surface area contributed by atoms with Gasteiger partial charge in [-0.15, -0.1) is 6.42 Å². The summed E-state index contributed by atoms with van der Waals surface area (Å²) in [6, 6.07) is 0. The SMILES string of the molecule is C#C[C@]1(CO)O[C@@H](n2cnc3c(OC)nc(N)nc32)[C@@H](O)C1O. The fourth-order valence-corrected chi connectivity index (χ4v) is 2.54. The van der Waals surface area contributed by atoms with Crippen LogP contribution in [0.15, 0.2) is 6.33 Å². The van der Waals surface area contributed by atoms with Gasteiger partial charge in [0.05, 0.1) is 20.0 Å². The van der Waals surface area contributed by atoms with Crippen molar-refractivity contribution in [1.29, 1.82) is 0 Å². The smallest absolute Gasteiger partial charge is 0.246 e. The Hall–Kier alpha value is -2.45. The number of hydrogen-bond acceptors (Lipinski definition) is 9. The van der Waals surface area contributed by atoms with Gasteiger partial charge in [-0.1, -0.05) is 5.92 Å². The first-order valence-electron chi connectivity index (χ1n) is 6.64. The Kier molecular flexibility index (Phi) is 3.57. The molecule has 0 amide bonds. The number of imidazole rings is 1. The average molecular weight is 321 g/mol. The lowest BCUT2D eigenvalue weighted by Gasteiger charge is -2.23. The number of terminal acetylenes is 1. The van der Waals surface area contributed by atoms with Crippen LogP contribution >= 0.6 is 0 Å². The highest BCUT2D eigenvalue weighted by Crippen LogP contribution is 2.38. The van der Waals surface area contributed by atoms with E-state index in [9.17, 15) is 15.3 Å². The highest BCUT2D eigenvalue weighted by molar-refractivity contribution is 5.77. The van der Waals surface area contributed by atoms with Crippen molar-refractivity contribution in [3.05, 3.63) is 6.33 Å². The quantitative estimate of drug-likeness (QED) is 0.472. The average Bonchev–Trinajstić information content (AvgIpc) is 3.07. The van der Waals surface area contributed by atoms with Crippen LogP contribution in [0.25, 0.3) is 11.2 Å². The molecule has 1 aliphatic heterocycles. The standard InChI is InChI=1S/C13H15N5O5/c1-3-13(4-19)8(21)7(20)11(23-13)18-5-15-6-9(18)16-12(14)17-10(6)22-2/h1,5,7-8,11,19-21H,4H2,2H3,(H2,14,16,17)/t7-,8?,11+,13+/m0/s1. The highest BCUT2D eigenvalue weighted by atomic mass is 16.6. The number of aliphatic hydroxyl groups excluding tert-OH is 3. The molecule has 1 unspecified atom stereocenters. The molecule has 1 saturated heterocycles. The number of anilines is 1. The van der Waals surface area contributed by atoms with Crippen LogP contribution in [0.5, 0.6) is 5.88 Å². The second-order valence-corrected chi connectivity index (χ2v) is 5.05. The molecule has 5 N–H and O–H groups in total. The summed E-state index contributed by atoms with van der Waals surface area (Å²) in [5.74, 6) is 2.28. The summed E-state index contributed by atoms with van der Waals surface area (Å²) >= 11 is 0. The van der Waals surface area contributed by atoms with Crippen molar-refractivity contribution in [2.45, 2.75) is 24.0 Å². The predicted octanol–water partition coefficient (Wildman–Crippen LogP) is -1.97. The molecule has 23 heavy (non-hydrogen) atoms. The summed E-state index contributed by atoms with van der Waals surface area (Å²) in [6.45, 7) is -0.661. The van der Waals surface area contributed by atoms with Gasteiger partial charge in [-0.2, -0.15) is 9.97 Å². The molecule has 0 radical (unpaired) electrons. The van der Waals surface area contributed by atoms with E-state index in [1.54, 1.807) is 0 Å². The van der Waals surface area contributed by atoms with Crippen molar-refractivity contribution < 1.29 is 24.8 Å². The Morgan fingerprint density at radius 1 is 1.52 bits per heavy atom. The van der Waals surface area contributed by atoms with E-state index in [0.717, 1.165) is 0 Å². The van der Waals surface area contributed by atoms with E-state index >= 15 is 0 Å². The maximum Gasteiger partial charge on any atom is 0.246 e. The van der Waals surface area contributed by atoms with Crippen LogP contribution in [-0.2, 0) is 4.74 Å². The molecule has 0 aromatic carbocycles. The zero-order valence-corrected chi connectivity index (χ0v) is 12.1. The third kappa shape index (κ3) is 2.10. The first-order valence-corrected chi connectivity index (χ1v) is 6.64. The molecule has 0 saturated carbocycles. The third-order valence-electron chi connectivity index (χ3n) is 3.78. The second-order valence-electron chi connectivity index (χ2n) is 5.05. The summed E-state index contributed by atoms with van der Waals surface area (Å²) in [7, 11) is 1.40. The van der Waals surface area contributed by atoms with Crippen LogP contribution in [0.1, 0.15) is 6.23 Å². The molecule has 4 atom stereocenters. The molecular formula is C13H15N5O5. The van der Waals surface area contributed by atoms with Gasteiger partial charge in [0, 0.05) is 0 Å². The van der Waals surface area contributed by atoms with Gasteiger partial charge in [0.2, 0.25) is 11.8 Å². The van der Waals surface area contributed by atoms with Crippen LogP contribution in [0, 0.1) is 12.3 Å². The van der Waals surface area contributed by atoms with Crippen molar-refractivity contribution in [1.82, 2.24) is 19.5 Å². The fraction of sp³-hybridized carbons (Fsp3) is 0.462. The van der Waals surface area contributed by atoms with E-state index in [1.165, 1.54) is 18.0 Å². The van der Waals surface area contributed by atoms with Gasteiger partial charge < -0.3 is 30.5 Å². The summed E-state index contributed by atoms with van der Waals surface area (Å²) in [5, 5.41) is 29.8. The number of methoxy groups -OCH3 is 1. The summed E-state index contributed by atoms with van der Waals surface area (Å²) in [6.07, 6.45) is 2.65. The van der Waals surface area contributed by atoms with Gasteiger partial charge in [-0.3, -0.25) is 4.57 Å². The number of fused-ring (bicyclic) bond motifs is 1. The van der Waals surface area contributed by atoms with Gasteiger partial charge in [-0.05, 0) is 0 Å². The Balaban J connectivity index is 2.11. The van der Waals surface area contributed by atoms with Crippen molar-refractivity contribution in [2.24, 2.45) is 0 Å². The Morgan fingerprint density at radius 3 is 2.83 bits per heavy atom. The topological polar surface area (TPSA) is 149 Å². The molecule has 10 nitrogen and oxygen atoms in total. The molecule has 3 rings (SSSR count). The monoisotopic (exact) mass is 321 g/mol. The van der Waals surface area contributed by atoms with Crippen LogP contribution in [0.2, 0.25) is 0 Å². The Labute approximate surface area is 130 Å². The molecule has 122 valence electrons. The van der Waals surface area contributed by atoms with Crippen LogP contribution < -0.4 is 10.5 Å². The molecule has 3 heterocycles. The van der Waals surface area contributed by atoms with Crippen LogP contribution in [0.4, 0.5) is 5.95 Å². The van der Waals surface area contributed by atoms with Crippen molar-refractivity contribution in [2.75, 3.05) is 19.5 Å². The van der Waals surface area contributed by atoms with Gasteiger partial charge in [0.25, 0.3) is 0 Å². The summed E-state index contributed by atoms with van der Waals surface area (Å²) in [5.41, 5.74) is 4.44. The third-order valence-corrected chi connectivity index (χ3v) is 3.78. The fourth-order valence-electron chi connectivity index (χ4n) is 2.54. The van der Waals surface area contributed by atoms with E-state index in [-0.39, 0.29) is 17.5 Å². The number of nitrogens with two attached hydrogens (primary N) is 1. The normalized spacial score (nSPS) is 30.5. The van der Waals surface area contributed by atoms with Crippen molar-refractivity contribution in [3.8, 4) is 18.2 Å². The number of aromatic nitrogens is 4. The molecule has 0 bridgehead atoms. The molecule has 2 aromatic rings. The maximum atomic E-state index is 10.2. The van der Waals surface area contributed by atoms with Crippen LogP contribution in [-0.4, -0.2) is 66.4 Å². The molecule has 0 aliphatic carbocycles. The van der Waals surface area contributed by atoms with E-state index in [2.05, 4.69) is 20.9 Å². The molecule has 0 spiro atoms. The zero-order valence-electron chi connectivity index (χ0n) is 12.1. The lowest BCUT2D eigenvalue weighted by atomic mass is 9.97. The Morgan fingerprint density at radius 2 is 2.26 bits per heavy atom. The van der Waals surface area contributed by atoms with Crippen molar-refractivity contribution in [3.63, 3.8) is 0 Å². The van der Waals surface area contributed by atoms with E-state index in [4.69, 9.17) is 21.6 Å². The van der Waals surface area contributed by atoms with Gasteiger partial charge >= 0.3 is 0 Å². The minimum absolute atomic E-state index is 0.0606. The zero-order chi connectivity index (χ0) is 16.8. The number of hydrogen-bond donors (Lipinski definition) is 4. The maximum absolute atomic E-state index is 10.2. The minimum Gasteiger partial charge on any atom is -0.479 e. The summed E-state index contributed by atoms with van der Waals surface area (Å²) < 4.78 is 12.0. The first-order chi connectivity index (χ1) is 11.0. The summed E-state index contributed by atoms with van der Waals surface area (Å²) in [4.78, 5) is 12.1. The number of rotatable bonds is 3. The van der Waals surface area contributed by atoms with Gasteiger partial charge in [0.1, 0.15) is 12.2 Å². The highest BCUT2D eigenvalue weighted by Gasteiger charge is 2.54. The van der Waals surface area contributed by atoms with E-state index in [0.29, 0.717) is 5.52 Å². The van der Waals surface area contributed by atoms with Gasteiger partial charge in [0.15, 0.2) is 23.0 Å². The minimum atomic E-state index is -1.72. The predicted molar refractivity (Wildman–Crippen MR) is 77.1 cm³/mol. The lowest BCUT2D eigenvalue weighted by Crippen LogP contribution is -2.44. The molecule has 1 aliphatic rings. The largest absolute Gasteiger partial charge is 0.479 e. The first kappa shape index (κ1) is 15.4. The van der Waals surface area contributed by atoms with Crippen LogP contribution in [0.3, 0.4) is 0 Å². The Bertz CT molecular complexity index is 787. The van der Waals surface area contributed by atoms with E-state index < -0.39 is 30.6 Å². The molecular weight excluding hydrogens is 306 g/mol. The number of nitrogens with zero attached hydrogens (tertiary/aromatic N) is 4.